The maximum atomic E-state index is 6.26. The average molecular weight is 277 g/mol. The Morgan fingerprint density at radius 1 is 1.21 bits per heavy atom. The molecule has 0 aliphatic heterocycles. The van der Waals surface area contributed by atoms with Crippen molar-refractivity contribution in [1.82, 2.24) is 4.98 Å². The Kier molecular flexibility index (Phi) is 4.40. The fourth-order valence-corrected chi connectivity index (χ4v) is 2.29. The van der Waals surface area contributed by atoms with Crippen LogP contribution in [0.25, 0.3) is 0 Å². The molecule has 0 bridgehead atoms. The Morgan fingerprint density at radius 3 is 2.68 bits per heavy atom. The lowest BCUT2D eigenvalue weighted by molar-refractivity contribution is 0.338. The Hall–Kier alpha value is -1.58. The van der Waals surface area contributed by atoms with Crippen molar-refractivity contribution in [3.63, 3.8) is 0 Å². The lowest BCUT2D eigenvalue weighted by Crippen LogP contribution is -2.12. The molecule has 1 aromatic carbocycles. The van der Waals surface area contributed by atoms with Crippen molar-refractivity contribution in [2.45, 2.75) is 19.9 Å². The third-order valence-electron chi connectivity index (χ3n) is 2.83. The van der Waals surface area contributed by atoms with Gasteiger partial charge in [0.2, 0.25) is 0 Å². The number of aryl methyl sites for hydroxylation is 1. The van der Waals surface area contributed by atoms with Crippen molar-refractivity contribution in [2.24, 2.45) is 5.73 Å². The van der Waals surface area contributed by atoms with E-state index in [4.69, 9.17) is 22.1 Å². The first-order valence-corrected chi connectivity index (χ1v) is 6.58. The molecule has 0 amide bonds. The van der Waals surface area contributed by atoms with Crippen molar-refractivity contribution >= 4 is 11.6 Å². The van der Waals surface area contributed by atoms with Crippen molar-refractivity contribution in [1.29, 1.82) is 0 Å². The minimum atomic E-state index is -0.259. The van der Waals surface area contributed by atoms with Gasteiger partial charge in [0.1, 0.15) is 5.75 Å². The van der Waals surface area contributed by atoms with Crippen LogP contribution in [-0.4, -0.2) is 11.6 Å². The van der Waals surface area contributed by atoms with E-state index in [9.17, 15) is 0 Å². The first-order valence-electron chi connectivity index (χ1n) is 6.20. The maximum absolute atomic E-state index is 6.26. The van der Waals surface area contributed by atoms with E-state index in [-0.39, 0.29) is 6.04 Å². The van der Waals surface area contributed by atoms with Gasteiger partial charge >= 0.3 is 0 Å². The van der Waals surface area contributed by atoms with E-state index in [0.717, 1.165) is 22.4 Å². The van der Waals surface area contributed by atoms with Crippen molar-refractivity contribution in [3.8, 4) is 5.75 Å². The van der Waals surface area contributed by atoms with E-state index in [1.807, 2.05) is 38.1 Å². The number of rotatable bonds is 4. The average Bonchev–Trinajstić information content (AvgIpc) is 2.37. The second kappa shape index (κ2) is 6.04. The first kappa shape index (κ1) is 13.8. The molecule has 0 aliphatic rings. The van der Waals surface area contributed by atoms with E-state index in [1.54, 1.807) is 12.4 Å². The van der Waals surface area contributed by atoms with E-state index in [2.05, 4.69) is 4.98 Å². The molecule has 0 aliphatic carbocycles. The highest BCUT2D eigenvalue weighted by Crippen LogP contribution is 2.25. The third-order valence-corrected chi connectivity index (χ3v) is 3.05. The second-order valence-corrected chi connectivity index (χ2v) is 4.86. The molecule has 0 saturated carbocycles. The van der Waals surface area contributed by atoms with Crippen LogP contribution in [0, 0.1) is 6.92 Å². The number of nitrogens with zero attached hydrogens (tertiary/aromatic N) is 1. The molecule has 1 atom stereocenters. The van der Waals surface area contributed by atoms with E-state index in [0.29, 0.717) is 11.6 Å². The van der Waals surface area contributed by atoms with Crippen LogP contribution in [-0.2, 0) is 0 Å². The monoisotopic (exact) mass is 276 g/mol. The van der Waals surface area contributed by atoms with Crippen LogP contribution in [0.1, 0.15) is 29.7 Å². The van der Waals surface area contributed by atoms with E-state index in [1.165, 1.54) is 0 Å². The van der Waals surface area contributed by atoms with E-state index >= 15 is 0 Å². The van der Waals surface area contributed by atoms with Crippen LogP contribution in [0.5, 0.6) is 5.75 Å². The summed E-state index contributed by atoms with van der Waals surface area (Å²) in [6.07, 6.45) is 3.44. The van der Waals surface area contributed by atoms with Crippen LogP contribution < -0.4 is 10.5 Å². The summed E-state index contributed by atoms with van der Waals surface area (Å²) in [6.45, 7) is 4.54. The number of nitrogens with two attached hydrogens (primary N) is 1. The number of halogens is 1. The minimum Gasteiger partial charge on any atom is -0.492 e. The number of benzene rings is 1. The molecule has 1 unspecified atom stereocenters. The quantitative estimate of drug-likeness (QED) is 0.930. The van der Waals surface area contributed by atoms with Gasteiger partial charge in [-0.05, 0) is 48.7 Å². The minimum absolute atomic E-state index is 0.259. The molecule has 19 heavy (non-hydrogen) atoms. The summed E-state index contributed by atoms with van der Waals surface area (Å²) < 4.78 is 5.44. The Labute approximate surface area is 118 Å². The molecule has 3 nitrogen and oxygen atoms in total. The SMILES string of the molecule is CCOc1cncc(C(N)c2cc(C)cc(Cl)c2)c1. The summed E-state index contributed by atoms with van der Waals surface area (Å²) in [4.78, 5) is 4.16. The molecule has 100 valence electrons. The molecular weight excluding hydrogens is 260 g/mol. The fraction of sp³-hybridized carbons (Fsp3) is 0.267. The Balaban J connectivity index is 2.32. The standard InChI is InChI=1S/C15H17ClN2O/c1-3-19-14-7-12(8-18-9-14)15(17)11-4-10(2)5-13(16)6-11/h4-9,15H,3,17H2,1-2H3. The highest BCUT2D eigenvalue weighted by Gasteiger charge is 2.11. The predicted molar refractivity (Wildman–Crippen MR) is 77.6 cm³/mol. The normalized spacial score (nSPS) is 12.2. The highest BCUT2D eigenvalue weighted by atomic mass is 35.5. The number of hydrogen-bond donors (Lipinski definition) is 1. The molecule has 2 aromatic rings. The van der Waals surface area contributed by atoms with Crippen LogP contribution in [0.15, 0.2) is 36.7 Å². The molecule has 2 N–H and O–H groups in total. The number of ether oxygens (including phenoxy) is 1. The van der Waals surface area contributed by atoms with Gasteiger partial charge < -0.3 is 10.5 Å². The molecule has 0 saturated heterocycles. The summed E-state index contributed by atoms with van der Waals surface area (Å²) in [5, 5.41) is 0.694. The molecule has 1 heterocycles. The van der Waals surface area contributed by atoms with Gasteiger partial charge in [-0.3, -0.25) is 4.98 Å². The molecule has 0 radical (unpaired) electrons. The number of hydrogen-bond acceptors (Lipinski definition) is 3. The third kappa shape index (κ3) is 3.46. The molecule has 0 fully saturated rings. The van der Waals surface area contributed by atoms with Gasteiger partial charge in [-0.1, -0.05) is 17.7 Å². The van der Waals surface area contributed by atoms with Gasteiger partial charge in [0.15, 0.2) is 0 Å². The largest absolute Gasteiger partial charge is 0.492 e. The van der Waals surface area contributed by atoms with Crippen LogP contribution in [0.4, 0.5) is 0 Å². The summed E-state index contributed by atoms with van der Waals surface area (Å²) in [5.74, 6) is 0.731. The number of aromatic nitrogens is 1. The summed E-state index contributed by atoms with van der Waals surface area (Å²) >= 11 is 6.07. The Bertz CT molecular complexity index is 552. The topological polar surface area (TPSA) is 48.1 Å². The van der Waals surface area contributed by atoms with Gasteiger partial charge in [-0.15, -0.1) is 0 Å². The van der Waals surface area contributed by atoms with Crippen molar-refractivity contribution < 1.29 is 4.74 Å². The van der Waals surface area contributed by atoms with Crippen LogP contribution in [0.2, 0.25) is 5.02 Å². The summed E-state index contributed by atoms with van der Waals surface area (Å²) in [6, 6.07) is 7.48. The van der Waals surface area contributed by atoms with Gasteiger partial charge in [0, 0.05) is 11.2 Å². The zero-order chi connectivity index (χ0) is 13.8. The smallest absolute Gasteiger partial charge is 0.137 e. The molecular formula is C15H17ClN2O. The Morgan fingerprint density at radius 2 is 2.00 bits per heavy atom. The van der Waals surface area contributed by atoms with Gasteiger partial charge in [-0.2, -0.15) is 0 Å². The van der Waals surface area contributed by atoms with Crippen molar-refractivity contribution in [2.75, 3.05) is 6.61 Å². The first-order chi connectivity index (χ1) is 9.10. The van der Waals surface area contributed by atoms with Crippen LogP contribution >= 0.6 is 11.6 Å². The maximum Gasteiger partial charge on any atom is 0.137 e. The zero-order valence-corrected chi connectivity index (χ0v) is 11.8. The summed E-state index contributed by atoms with van der Waals surface area (Å²) in [7, 11) is 0. The van der Waals surface area contributed by atoms with Crippen molar-refractivity contribution in [3.05, 3.63) is 58.4 Å². The van der Waals surface area contributed by atoms with Gasteiger partial charge in [0.25, 0.3) is 0 Å². The number of pyridine rings is 1. The molecule has 1 aromatic heterocycles. The van der Waals surface area contributed by atoms with Gasteiger partial charge in [0.05, 0.1) is 18.8 Å². The molecule has 0 spiro atoms. The second-order valence-electron chi connectivity index (χ2n) is 4.43. The molecule has 4 heteroatoms. The molecule has 2 rings (SSSR count). The summed E-state index contributed by atoms with van der Waals surface area (Å²) in [5.41, 5.74) is 9.24. The lowest BCUT2D eigenvalue weighted by atomic mass is 9.99. The predicted octanol–water partition coefficient (Wildman–Crippen LogP) is 3.49. The highest BCUT2D eigenvalue weighted by molar-refractivity contribution is 6.30. The lowest BCUT2D eigenvalue weighted by Gasteiger charge is -2.14. The zero-order valence-electron chi connectivity index (χ0n) is 11.1. The van der Waals surface area contributed by atoms with Crippen LogP contribution in [0.3, 0.4) is 0 Å². The fourth-order valence-electron chi connectivity index (χ4n) is 1.99. The van der Waals surface area contributed by atoms with E-state index < -0.39 is 0 Å². The van der Waals surface area contributed by atoms with Gasteiger partial charge in [-0.25, -0.2) is 0 Å².